The van der Waals surface area contributed by atoms with Crippen LogP contribution in [0.15, 0.2) is 18.5 Å². The molecule has 1 fully saturated rings. The monoisotopic (exact) mass is 248 g/mol. The molecule has 1 heterocycles. The second kappa shape index (κ2) is 6.74. The number of hydrogen-bond donors (Lipinski definition) is 1. The lowest BCUT2D eigenvalue weighted by molar-refractivity contribution is 0.380. The average molecular weight is 248 g/mol. The summed E-state index contributed by atoms with van der Waals surface area (Å²) in [4.78, 5) is 4.31. The first-order valence-electron chi connectivity index (χ1n) is 6.98. The highest BCUT2D eigenvalue weighted by Crippen LogP contribution is 2.36. The number of pyridine rings is 1. The summed E-state index contributed by atoms with van der Waals surface area (Å²) in [5.41, 5.74) is 1.34. The molecule has 0 spiro atoms. The molecule has 0 amide bonds. The number of hydrogen-bond acceptors (Lipinski definition) is 3. The van der Waals surface area contributed by atoms with Gasteiger partial charge in [-0.2, -0.15) is 0 Å². The fourth-order valence-corrected chi connectivity index (χ4v) is 3.08. The zero-order valence-corrected chi connectivity index (χ0v) is 11.5. The van der Waals surface area contributed by atoms with E-state index in [9.17, 15) is 0 Å². The van der Waals surface area contributed by atoms with Crippen molar-refractivity contribution in [3.63, 3.8) is 0 Å². The molecular formula is C15H24N2O. The predicted molar refractivity (Wildman–Crippen MR) is 74.0 cm³/mol. The molecule has 18 heavy (non-hydrogen) atoms. The maximum absolute atomic E-state index is 5.29. The van der Waals surface area contributed by atoms with Gasteiger partial charge in [-0.15, -0.1) is 0 Å². The average Bonchev–Trinajstić information content (AvgIpc) is 2.65. The molecule has 0 bridgehead atoms. The van der Waals surface area contributed by atoms with Crippen molar-refractivity contribution in [3.8, 4) is 5.75 Å². The number of aromatic nitrogens is 1. The highest BCUT2D eigenvalue weighted by atomic mass is 16.5. The molecule has 2 unspecified atom stereocenters. The van der Waals surface area contributed by atoms with Crippen LogP contribution >= 0.6 is 0 Å². The van der Waals surface area contributed by atoms with E-state index in [1.54, 1.807) is 13.3 Å². The molecule has 0 radical (unpaired) electrons. The van der Waals surface area contributed by atoms with E-state index < -0.39 is 0 Å². The van der Waals surface area contributed by atoms with E-state index in [0.29, 0.717) is 5.92 Å². The summed E-state index contributed by atoms with van der Waals surface area (Å²) in [6.45, 7) is 1.10. The van der Waals surface area contributed by atoms with Crippen molar-refractivity contribution >= 4 is 0 Å². The maximum atomic E-state index is 5.29. The van der Waals surface area contributed by atoms with Gasteiger partial charge in [-0.05, 0) is 49.9 Å². The third-order valence-electron chi connectivity index (χ3n) is 4.02. The van der Waals surface area contributed by atoms with Crippen molar-refractivity contribution < 1.29 is 4.74 Å². The third-order valence-corrected chi connectivity index (χ3v) is 4.02. The SMILES string of the molecule is CNCC1CCCCCC1c1cncc(OC)c1. The van der Waals surface area contributed by atoms with E-state index >= 15 is 0 Å². The normalized spacial score (nSPS) is 24.6. The summed E-state index contributed by atoms with van der Waals surface area (Å²) >= 11 is 0. The van der Waals surface area contributed by atoms with Crippen LogP contribution in [0, 0.1) is 5.92 Å². The summed E-state index contributed by atoms with van der Waals surface area (Å²) in [6, 6.07) is 2.16. The van der Waals surface area contributed by atoms with Crippen molar-refractivity contribution in [2.45, 2.75) is 38.0 Å². The molecule has 0 aliphatic heterocycles. The van der Waals surface area contributed by atoms with Crippen LogP contribution in [-0.4, -0.2) is 25.7 Å². The first-order chi connectivity index (χ1) is 8.85. The van der Waals surface area contributed by atoms with Crippen LogP contribution in [0.25, 0.3) is 0 Å². The van der Waals surface area contributed by atoms with Gasteiger partial charge in [0.05, 0.1) is 13.3 Å². The maximum Gasteiger partial charge on any atom is 0.137 e. The van der Waals surface area contributed by atoms with Crippen LogP contribution in [0.1, 0.15) is 43.6 Å². The lowest BCUT2D eigenvalue weighted by Gasteiger charge is -2.25. The Labute approximate surface area is 110 Å². The lowest BCUT2D eigenvalue weighted by Crippen LogP contribution is -2.24. The molecule has 1 aromatic heterocycles. The van der Waals surface area contributed by atoms with Gasteiger partial charge in [-0.25, -0.2) is 0 Å². The summed E-state index contributed by atoms with van der Waals surface area (Å²) in [5, 5.41) is 3.34. The van der Waals surface area contributed by atoms with Crippen LogP contribution < -0.4 is 10.1 Å². The van der Waals surface area contributed by atoms with Gasteiger partial charge in [0.25, 0.3) is 0 Å². The first kappa shape index (κ1) is 13.3. The Hall–Kier alpha value is -1.09. The zero-order valence-electron chi connectivity index (χ0n) is 11.5. The molecule has 3 nitrogen and oxygen atoms in total. The Morgan fingerprint density at radius 1 is 1.28 bits per heavy atom. The van der Waals surface area contributed by atoms with Crippen LogP contribution in [0.3, 0.4) is 0 Å². The van der Waals surface area contributed by atoms with Gasteiger partial charge in [-0.1, -0.05) is 19.3 Å². The molecule has 0 aromatic carbocycles. The quantitative estimate of drug-likeness (QED) is 0.832. The van der Waals surface area contributed by atoms with Gasteiger partial charge in [0.2, 0.25) is 0 Å². The van der Waals surface area contributed by atoms with E-state index in [1.165, 1.54) is 37.7 Å². The molecule has 1 aliphatic carbocycles. The van der Waals surface area contributed by atoms with Gasteiger partial charge in [0.1, 0.15) is 5.75 Å². The fourth-order valence-electron chi connectivity index (χ4n) is 3.08. The smallest absolute Gasteiger partial charge is 0.137 e. The Kier molecular flexibility index (Phi) is 5.00. The largest absolute Gasteiger partial charge is 0.495 e. The molecule has 2 rings (SSSR count). The molecule has 1 aromatic rings. The second-order valence-corrected chi connectivity index (χ2v) is 5.22. The van der Waals surface area contributed by atoms with Gasteiger partial charge in [0, 0.05) is 6.20 Å². The minimum Gasteiger partial charge on any atom is -0.495 e. The lowest BCUT2D eigenvalue weighted by atomic mass is 9.83. The molecule has 1 saturated carbocycles. The van der Waals surface area contributed by atoms with Gasteiger partial charge < -0.3 is 10.1 Å². The summed E-state index contributed by atoms with van der Waals surface area (Å²) in [7, 11) is 3.75. The third kappa shape index (κ3) is 3.22. The number of nitrogens with one attached hydrogen (secondary N) is 1. The Morgan fingerprint density at radius 2 is 2.11 bits per heavy atom. The number of ether oxygens (including phenoxy) is 1. The minimum absolute atomic E-state index is 0.627. The van der Waals surface area contributed by atoms with E-state index in [-0.39, 0.29) is 0 Å². The minimum atomic E-state index is 0.627. The van der Waals surface area contributed by atoms with E-state index in [1.807, 2.05) is 13.2 Å². The van der Waals surface area contributed by atoms with Crippen LogP contribution in [-0.2, 0) is 0 Å². The Morgan fingerprint density at radius 3 is 2.89 bits per heavy atom. The Bertz CT molecular complexity index is 367. The molecule has 100 valence electrons. The molecule has 2 atom stereocenters. The topological polar surface area (TPSA) is 34.2 Å². The van der Waals surface area contributed by atoms with Crippen molar-refractivity contribution in [2.24, 2.45) is 5.92 Å². The molecule has 1 N–H and O–H groups in total. The highest BCUT2D eigenvalue weighted by molar-refractivity contribution is 5.27. The second-order valence-electron chi connectivity index (χ2n) is 5.22. The van der Waals surface area contributed by atoms with Crippen molar-refractivity contribution in [1.29, 1.82) is 0 Å². The van der Waals surface area contributed by atoms with Crippen molar-refractivity contribution in [3.05, 3.63) is 24.0 Å². The van der Waals surface area contributed by atoms with Crippen LogP contribution in [0.4, 0.5) is 0 Å². The summed E-state index contributed by atoms with van der Waals surface area (Å²) in [6.07, 6.45) is 10.5. The fraction of sp³-hybridized carbons (Fsp3) is 0.667. The predicted octanol–water partition coefficient (Wildman–Crippen LogP) is 2.97. The zero-order chi connectivity index (χ0) is 12.8. The highest BCUT2D eigenvalue weighted by Gasteiger charge is 2.25. The van der Waals surface area contributed by atoms with E-state index in [0.717, 1.165) is 18.2 Å². The van der Waals surface area contributed by atoms with E-state index in [4.69, 9.17) is 4.74 Å². The van der Waals surface area contributed by atoms with Crippen molar-refractivity contribution in [2.75, 3.05) is 20.7 Å². The van der Waals surface area contributed by atoms with Gasteiger partial charge in [-0.3, -0.25) is 4.98 Å². The van der Waals surface area contributed by atoms with Crippen LogP contribution in [0.2, 0.25) is 0 Å². The van der Waals surface area contributed by atoms with Crippen LogP contribution in [0.5, 0.6) is 5.75 Å². The van der Waals surface area contributed by atoms with Crippen molar-refractivity contribution in [1.82, 2.24) is 10.3 Å². The molecule has 3 heteroatoms. The van der Waals surface area contributed by atoms with Gasteiger partial charge >= 0.3 is 0 Å². The molecular weight excluding hydrogens is 224 g/mol. The Balaban J connectivity index is 2.19. The summed E-state index contributed by atoms with van der Waals surface area (Å²) in [5.74, 6) is 2.23. The number of nitrogens with zero attached hydrogens (tertiary/aromatic N) is 1. The first-order valence-corrected chi connectivity index (χ1v) is 6.98. The van der Waals surface area contributed by atoms with Gasteiger partial charge in [0.15, 0.2) is 0 Å². The summed E-state index contributed by atoms with van der Waals surface area (Å²) < 4.78 is 5.29. The number of rotatable bonds is 4. The van der Waals surface area contributed by atoms with E-state index in [2.05, 4.69) is 16.4 Å². The standard InChI is InChI=1S/C15H24N2O/c1-16-9-12-6-4-3-5-7-15(12)13-8-14(18-2)11-17-10-13/h8,10-12,15-16H,3-7,9H2,1-2H3. The number of methoxy groups -OCH3 is 1. The molecule has 1 aliphatic rings. The molecule has 0 saturated heterocycles.